The van der Waals surface area contributed by atoms with Crippen molar-refractivity contribution in [3.05, 3.63) is 113 Å². The maximum atomic E-state index is 13.2. The highest BCUT2D eigenvalue weighted by molar-refractivity contribution is 6.36. The highest BCUT2D eigenvalue weighted by Gasteiger charge is 2.38. The molecule has 1 aliphatic rings. The van der Waals surface area contributed by atoms with Gasteiger partial charge in [0, 0.05) is 10.9 Å². The number of hydrogen-bond donors (Lipinski definition) is 0. The highest BCUT2D eigenvalue weighted by atomic mass is 16.5. The van der Waals surface area contributed by atoms with Crippen molar-refractivity contribution in [1.82, 2.24) is 0 Å². The molecule has 0 unspecified atom stereocenters. The number of ether oxygens (including phenoxy) is 1. The number of Topliss-reactive ketones (excluding diaryl/α,β-unsaturated/α-hetero) is 1. The van der Waals surface area contributed by atoms with Crippen molar-refractivity contribution >= 4 is 40.0 Å². The molecule has 1 aliphatic heterocycles. The SMILES string of the molecule is O=C(COC(=O)c1ccc2c(c1)C(=O)N(c1cccc3ccccc13)C2=O)c1ccccc1. The Bertz CT molecular complexity index is 1440. The van der Waals surface area contributed by atoms with Crippen LogP contribution in [0.1, 0.15) is 41.4 Å². The van der Waals surface area contributed by atoms with E-state index in [-0.39, 0.29) is 22.5 Å². The van der Waals surface area contributed by atoms with Gasteiger partial charge < -0.3 is 4.74 Å². The lowest BCUT2D eigenvalue weighted by atomic mass is 10.1. The summed E-state index contributed by atoms with van der Waals surface area (Å²) in [6.45, 7) is -0.422. The van der Waals surface area contributed by atoms with E-state index in [0.717, 1.165) is 15.7 Å². The van der Waals surface area contributed by atoms with E-state index in [1.54, 1.807) is 42.5 Å². The third kappa shape index (κ3) is 3.57. The van der Waals surface area contributed by atoms with Crippen molar-refractivity contribution in [2.24, 2.45) is 0 Å². The lowest BCUT2D eigenvalue weighted by Gasteiger charge is -2.16. The minimum absolute atomic E-state index is 0.0931. The van der Waals surface area contributed by atoms with Gasteiger partial charge in [0.05, 0.1) is 22.4 Å². The number of ketones is 1. The van der Waals surface area contributed by atoms with Crippen molar-refractivity contribution in [3.8, 4) is 0 Å². The molecule has 1 heterocycles. The Kier molecular flexibility index (Phi) is 5.03. The van der Waals surface area contributed by atoms with Crippen LogP contribution in [0.15, 0.2) is 91.0 Å². The van der Waals surface area contributed by atoms with E-state index in [4.69, 9.17) is 4.74 Å². The molecule has 6 heteroatoms. The van der Waals surface area contributed by atoms with Gasteiger partial charge in [-0.25, -0.2) is 9.69 Å². The zero-order chi connectivity index (χ0) is 22.9. The fourth-order valence-electron chi connectivity index (χ4n) is 3.91. The van der Waals surface area contributed by atoms with Crippen LogP contribution in [0.5, 0.6) is 0 Å². The number of hydrogen-bond acceptors (Lipinski definition) is 5. The summed E-state index contributed by atoms with van der Waals surface area (Å²) in [6, 6.07) is 25.6. The topological polar surface area (TPSA) is 80.8 Å². The Labute approximate surface area is 189 Å². The lowest BCUT2D eigenvalue weighted by molar-refractivity contribution is 0.0474. The molecular weight excluding hydrogens is 418 g/mol. The maximum Gasteiger partial charge on any atom is 0.338 e. The fraction of sp³-hybridized carbons (Fsp3) is 0.0370. The number of nitrogens with zero attached hydrogens (tertiary/aromatic N) is 1. The molecule has 0 aromatic heterocycles. The average molecular weight is 435 g/mol. The standard InChI is InChI=1S/C27H17NO5/c29-24(18-8-2-1-3-9-18)16-33-27(32)19-13-14-21-22(15-19)26(31)28(25(21)30)23-12-6-10-17-7-4-5-11-20(17)23/h1-15H,16H2. The molecule has 4 aromatic rings. The Morgan fingerprint density at radius 1 is 0.697 bits per heavy atom. The van der Waals surface area contributed by atoms with Crippen LogP contribution in [0.25, 0.3) is 10.8 Å². The van der Waals surface area contributed by atoms with Crippen LogP contribution in [0, 0.1) is 0 Å². The van der Waals surface area contributed by atoms with E-state index in [9.17, 15) is 19.2 Å². The molecule has 0 saturated heterocycles. The summed E-state index contributed by atoms with van der Waals surface area (Å²) in [5.74, 6) is -2.05. The molecule has 0 N–H and O–H groups in total. The van der Waals surface area contributed by atoms with E-state index in [1.165, 1.54) is 18.2 Å². The third-order valence-electron chi connectivity index (χ3n) is 5.56. The summed E-state index contributed by atoms with van der Waals surface area (Å²) in [4.78, 5) is 52.0. The fourth-order valence-corrected chi connectivity index (χ4v) is 3.91. The van der Waals surface area contributed by atoms with Crippen LogP contribution in [-0.4, -0.2) is 30.2 Å². The van der Waals surface area contributed by atoms with E-state index < -0.39 is 24.4 Å². The summed E-state index contributed by atoms with van der Waals surface area (Å²) in [6.07, 6.45) is 0. The van der Waals surface area contributed by atoms with Crippen LogP contribution in [0.4, 0.5) is 5.69 Å². The van der Waals surface area contributed by atoms with Crippen molar-refractivity contribution in [2.75, 3.05) is 11.5 Å². The van der Waals surface area contributed by atoms with Crippen molar-refractivity contribution in [1.29, 1.82) is 0 Å². The number of carbonyl (C=O) groups excluding carboxylic acids is 4. The third-order valence-corrected chi connectivity index (χ3v) is 5.56. The number of imide groups is 1. The molecule has 0 bridgehead atoms. The molecule has 0 aliphatic carbocycles. The van der Waals surface area contributed by atoms with Gasteiger partial charge in [-0.2, -0.15) is 0 Å². The second-order valence-corrected chi connectivity index (χ2v) is 7.57. The smallest absolute Gasteiger partial charge is 0.338 e. The molecule has 0 fully saturated rings. The quantitative estimate of drug-likeness (QED) is 0.258. The molecule has 0 atom stereocenters. The lowest BCUT2D eigenvalue weighted by Crippen LogP contribution is -2.29. The van der Waals surface area contributed by atoms with Crippen molar-refractivity contribution in [3.63, 3.8) is 0 Å². The molecule has 5 rings (SSSR count). The minimum atomic E-state index is -0.744. The Balaban J connectivity index is 1.40. The molecular formula is C27H17NO5. The van der Waals surface area contributed by atoms with Gasteiger partial charge in [0.15, 0.2) is 12.4 Å². The molecule has 2 amide bonds. The summed E-state index contributed by atoms with van der Waals surface area (Å²) in [5, 5.41) is 1.67. The Morgan fingerprint density at radius 2 is 1.39 bits per heavy atom. The van der Waals surface area contributed by atoms with E-state index in [2.05, 4.69) is 0 Å². The van der Waals surface area contributed by atoms with Gasteiger partial charge >= 0.3 is 5.97 Å². The van der Waals surface area contributed by atoms with Crippen LogP contribution < -0.4 is 4.90 Å². The first-order chi connectivity index (χ1) is 16.0. The Morgan fingerprint density at radius 3 is 2.21 bits per heavy atom. The predicted molar refractivity (Wildman–Crippen MR) is 123 cm³/mol. The number of anilines is 1. The van der Waals surface area contributed by atoms with Crippen LogP contribution in [0.2, 0.25) is 0 Å². The van der Waals surface area contributed by atoms with Gasteiger partial charge in [-0.1, -0.05) is 66.7 Å². The summed E-state index contributed by atoms with van der Waals surface area (Å²) >= 11 is 0. The van der Waals surface area contributed by atoms with Gasteiger partial charge in [0.25, 0.3) is 11.8 Å². The zero-order valence-electron chi connectivity index (χ0n) is 17.4. The summed E-state index contributed by atoms with van der Waals surface area (Å²) in [5.41, 5.74) is 1.35. The molecule has 160 valence electrons. The van der Waals surface area contributed by atoms with Crippen molar-refractivity contribution < 1.29 is 23.9 Å². The number of esters is 1. The van der Waals surface area contributed by atoms with Crippen molar-refractivity contribution in [2.45, 2.75) is 0 Å². The molecule has 4 aromatic carbocycles. The van der Waals surface area contributed by atoms with Gasteiger partial charge in [0.2, 0.25) is 0 Å². The molecule has 33 heavy (non-hydrogen) atoms. The highest BCUT2D eigenvalue weighted by Crippen LogP contribution is 2.34. The Hall–Kier alpha value is -4.58. The van der Waals surface area contributed by atoms with Crippen LogP contribution in [0.3, 0.4) is 0 Å². The first-order valence-corrected chi connectivity index (χ1v) is 10.3. The molecule has 0 spiro atoms. The van der Waals surface area contributed by atoms with E-state index >= 15 is 0 Å². The van der Waals surface area contributed by atoms with Crippen LogP contribution in [-0.2, 0) is 4.74 Å². The normalized spacial score (nSPS) is 12.7. The number of rotatable bonds is 5. The van der Waals surface area contributed by atoms with Gasteiger partial charge in [-0.3, -0.25) is 14.4 Å². The first kappa shape index (κ1) is 20.3. The maximum absolute atomic E-state index is 13.2. The second-order valence-electron chi connectivity index (χ2n) is 7.57. The minimum Gasteiger partial charge on any atom is -0.454 e. The molecule has 6 nitrogen and oxygen atoms in total. The number of fused-ring (bicyclic) bond motifs is 2. The van der Waals surface area contributed by atoms with E-state index in [0.29, 0.717) is 11.3 Å². The van der Waals surface area contributed by atoms with Gasteiger partial charge in [-0.15, -0.1) is 0 Å². The summed E-state index contributed by atoms with van der Waals surface area (Å²) in [7, 11) is 0. The number of amides is 2. The first-order valence-electron chi connectivity index (χ1n) is 10.3. The molecule has 0 radical (unpaired) electrons. The van der Waals surface area contributed by atoms with Gasteiger partial charge in [-0.05, 0) is 29.7 Å². The number of carbonyl (C=O) groups is 4. The largest absolute Gasteiger partial charge is 0.454 e. The van der Waals surface area contributed by atoms with Crippen LogP contribution >= 0.6 is 0 Å². The predicted octanol–water partition coefficient (Wildman–Crippen LogP) is 4.68. The summed E-state index contributed by atoms with van der Waals surface area (Å²) < 4.78 is 5.14. The van der Waals surface area contributed by atoms with E-state index in [1.807, 2.05) is 30.3 Å². The number of benzene rings is 4. The monoisotopic (exact) mass is 435 g/mol. The second kappa shape index (κ2) is 8.16. The average Bonchev–Trinajstić information content (AvgIpc) is 3.11. The zero-order valence-corrected chi connectivity index (χ0v) is 17.4. The van der Waals surface area contributed by atoms with Gasteiger partial charge in [0.1, 0.15) is 0 Å². The molecule has 0 saturated carbocycles.